The van der Waals surface area contributed by atoms with Crippen LogP contribution in [0.5, 0.6) is 0 Å². The number of aromatic nitrogens is 4. The molecular formula is C30H34FN7O3. The molecule has 2 aromatic heterocycles. The normalized spacial score (nSPS) is 16.2. The van der Waals surface area contributed by atoms with Crippen molar-refractivity contribution >= 4 is 39.5 Å². The van der Waals surface area contributed by atoms with Crippen molar-refractivity contribution in [3.8, 4) is 11.1 Å². The number of nitrogens with zero attached hydrogens (tertiary/aromatic N) is 6. The Hall–Kier alpha value is -4.28. The minimum atomic E-state index is -0.474. The molecule has 0 radical (unpaired) electrons. The van der Waals surface area contributed by atoms with Crippen LogP contribution in [-0.2, 0) is 28.0 Å². The van der Waals surface area contributed by atoms with Crippen molar-refractivity contribution in [2.24, 2.45) is 18.2 Å². The maximum Gasteiger partial charge on any atom is 0.244 e. The number of fused-ring (bicyclic) bond motifs is 2. The largest absolute Gasteiger partial charge is 0.370 e. The third kappa shape index (κ3) is 4.62. The van der Waals surface area contributed by atoms with E-state index in [1.807, 2.05) is 38.2 Å². The van der Waals surface area contributed by atoms with Crippen LogP contribution >= 0.6 is 0 Å². The molecular weight excluding hydrogens is 525 g/mol. The Kier molecular flexibility index (Phi) is 6.55. The van der Waals surface area contributed by atoms with Gasteiger partial charge in [0.1, 0.15) is 12.4 Å². The van der Waals surface area contributed by atoms with Gasteiger partial charge >= 0.3 is 0 Å². The van der Waals surface area contributed by atoms with E-state index in [9.17, 15) is 14.4 Å². The number of nitrogens with two attached hydrogens (primary N) is 1. The number of hydrogen-bond donors (Lipinski definition) is 1. The molecule has 0 unspecified atom stereocenters. The van der Waals surface area contributed by atoms with Crippen LogP contribution in [0.15, 0.2) is 36.5 Å². The minimum absolute atomic E-state index is 0.0230. The zero-order valence-corrected chi connectivity index (χ0v) is 23.6. The van der Waals surface area contributed by atoms with Gasteiger partial charge in [0.05, 0.1) is 22.9 Å². The average molecular weight is 560 g/mol. The van der Waals surface area contributed by atoms with E-state index >= 15 is 4.39 Å². The molecule has 2 N–H and O–H groups in total. The molecule has 214 valence electrons. The lowest BCUT2D eigenvalue weighted by molar-refractivity contribution is -0.152. The number of likely N-dealkylation sites (tertiary alicyclic amines) is 1. The van der Waals surface area contributed by atoms with Crippen LogP contribution in [-0.4, -0.2) is 73.8 Å². The smallest absolute Gasteiger partial charge is 0.244 e. The van der Waals surface area contributed by atoms with Gasteiger partial charge in [-0.3, -0.25) is 23.7 Å². The van der Waals surface area contributed by atoms with Crippen LogP contribution in [0.25, 0.3) is 32.9 Å². The lowest BCUT2D eigenvalue weighted by Crippen LogP contribution is -2.63. The Morgan fingerprint density at radius 3 is 2.59 bits per heavy atom. The molecule has 41 heavy (non-hydrogen) atoms. The number of benzene rings is 2. The third-order valence-electron chi connectivity index (χ3n) is 8.85. The van der Waals surface area contributed by atoms with Crippen LogP contribution in [0.3, 0.4) is 0 Å². The summed E-state index contributed by atoms with van der Waals surface area (Å²) in [7, 11) is 3.60. The number of primary amides is 1. The number of hydrogen-bond acceptors (Lipinski definition) is 5. The zero-order valence-electron chi connectivity index (χ0n) is 23.6. The molecule has 0 bridgehead atoms. The molecule has 2 aliphatic rings. The highest BCUT2D eigenvalue weighted by molar-refractivity contribution is 6.00. The Balaban J connectivity index is 1.35. The monoisotopic (exact) mass is 559 g/mol. The number of halogens is 1. The second kappa shape index (κ2) is 9.97. The summed E-state index contributed by atoms with van der Waals surface area (Å²) in [6, 6.07) is 9.07. The highest BCUT2D eigenvalue weighted by atomic mass is 19.1. The summed E-state index contributed by atoms with van der Waals surface area (Å²) in [6.07, 6.45) is 3.54. The predicted molar refractivity (Wildman–Crippen MR) is 152 cm³/mol. The van der Waals surface area contributed by atoms with E-state index < -0.39 is 5.91 Å². The van der Waals surface area contributed by atoms with Gasteiger partial charge in [-0.15, -0.1) is 0 Å². The first-order valence-electron chi connectivity index (χ1n) is 14.0. The summed E-state index contributed by atoms with van der Waals surface area (Å²) in [5.74, 6) is -0.795. The quantitative estimate of drug-likeness (QED) is 0.356. The minimum Gasteiger partial charge on any atom is -0.370 e. The number of amides is 3. The number of rotatable bonds is 8. The molecule has 2 aromatic carbocycles. The zero-order chi connectivity index (χ0) is 29.1. The first-order chi connectivity index (χ1) is 19.6. The molecule has 1 aliphatic heterocycles. The van der Waals surface area contributed by atoms with Crippen molar-refractivity contribution < 1.29 is 18.8 Å². The lowest BCUT2D eigenvalue weighted by Gasteiger charge is -2.59. The van der Waals surface area contributed by atoms with Gasteiger partial charge < -0.3 is 15.5 Å². The fourth-order valence-corrected chi connectivity index (χ4v) is 6.46. The summed E-state index contributed by atoms with van der Waals surface area (Å²) in [5, 5.41) is 10.8. The van der Waals surface area contributed by atoms with Gasteiger partial charge in [0.15, 0.2) is 0 Å². The van der Waals surface area contributed by atoms with E-state index in [1.54, 1.807) is 32.4 Å². The van der Waals surface area contributed by atoms with Gasteiger partial charge in [-0.2, -0.15) is 10.2 Å². The average Bonchev–Trinajstić information content (AvgIpc) is 3.44. The highest BCUT2D eigenvalue weighted by Crippen LogP contribution is 2.57. The maximum absolute atomic E-state index is 15.6. The lowest BCUT2D eigenvalue weighted by atomic mass is 9.56. The van der Waals surface area contributed by atoms with Crippen LogP contribution in [0.1, 0.15) is 44.2 Å². The second-order valence-corrected chi connectivity index (χ2v) is 11.6. The summed E-state index contributed by atoms with van der Waals surface area (Å²) in [5.41, 5.74) is 8.89. The van der Waals surface area contributed by atoms with E-state index in [2.05, 4.69) is 5.10 Å². The third-order valence-corrected chi connectivity index (χ3v) is 8.85. The van der Waals surface area contributed by atoms with Crippen LogP contribution in [0.2, 0.25) is 0 Å². The fraction of sp³-hybridized carbons (Fsp3) is 0.433. The summed E-state index contributed by atoms with van der Waals surface area (Å²) in [6.45, 7) is 3.91. The Morgan fingerprint density at radius 1 is 1.12 bits per heavy atom. The van der Waals surface area contributed by atoms with Gasteiger partial charge in [0.2, 0.25) is 17.7 Å². The molecule has 3 heterocycles. The second-order valence-electron chi connectivity index (χ2n) is 11.6. The molecule has 4 aromatic rings. The first-order valence-corrected chi connectivity index (χ1v) is 14.0. The van der Waals surface area contributed by atoms with Crippen LogP contribution < -0.4 is 5.73 Å². The molecule has 1 aliphatic carbocycles. The summed E-state index contributed by atoms with van der Waals surface area (Å²) < 4.78 is 19.0. The summed E-state index contributed by atoms with van der Waals surface area (Å²) >= 11 is 0. The topological polar surface area (TPSA) is 119 Å². The molecule has 11 heteroatoms. The molecule has 1 saturated carbocycles. The Morgan fingerprint density at radius 2 is 1.88 bits per heavy atom. The van der Waals surface area contributed by atoms with E-state index in [-0.39, 0.29) is 48.4 Å². The number of carbonyl (C=O) groups excluding carboxylic acids is 3. The number of carbonyl (C=O) groups is 3. The number of likely N-dealkylation sites (N-methyl/N-ethyl adjacent to an activating group) is 1. The van der Waals surface area contributed by atoms with Crippen molar-refractivity contribution in [1.29, 1.82) is 0 Å². The fourth-order valence-electron chi connectivity index (χ4n) is 6.46. The maximum atomic E-state index is 15.6. The van der Waals surface area contributed by atoms with Gasteiger partial charge in [0, 0.05) is 74.2 Å². The Labute approximate surface area is 236 Å². The van der Waals surface area contributed by atoms with Crippen molar-refractivity contribution in [3.05, 3.63) is 48.0 Å². The number of aryl methyl sites for hydroxylation is 1. The van der Waals surface area contributed by atoms with Crippen LogP contribution in [0.4, 0.5) is 4.39 Å². The van der Waals surface area contributed by atoms with Crippen molar-refractivity contribution in [3.63, 3.8) is 0 Å². The van der Waals surface area contributed by atoms with Crippen molar-refractivity contribution in [1.82, 2.24) is 29.4 Å². The molecule has 10 nitrogen and oxygen atoms in total. The summed E-state index contributed by atoms with van der Waals surface area (Å²) in [4.78, 5) is 39.8. The highest BCUT2D eigenvalue weighted by Gasteiger charge is 2.54. The van der Waals surface area contributed by atoms with Crippen LogP contribution in [0, 0.1) is 11.2 Å². The van der Waals surface area contributed by atoms with E-state index in [0.717, 1.165) is 45.9 Å². The molecule has 6 rings (SSSR count). The van der Waals surface area contributed by atoms with E-state index in [4.69, 9.17) is 10.8 Å². The molecule has 3 amide bonds. The van der Waals surface area contributed by atoms with Gasteiger partial charge in [0.25, 0.3) is 0 Å². The van der Waals surface area contributed by atoms with E-state index in [0.29, 0.717) is 25.2 Å². The molecule has 0 atom stereocenters. The SMILES string of the molecule is CCN(C)C(=O)Cn1nc(C2CC3(C2)CN(C(=O)CCC(N)=O)C3)c2c(-c3cc4c(cnn4C)cc3F)cccc21. The molecule has 1 saturated heterocycles. The van der Waals surface area contributed by atoms with Gasteiger partial charge in [-0.25, -0.2) is 4.39 Å². The van der Waals surface area contributed by atoms with Gasteiger partial charge in [-0.05, 0) is 43.5 Å². The standard InChI is InChI=1S/C30H34FN7O3/c1-4-35(2)27(41)15-38-23-7-5-6-20(21-11-24-18(10-22(21)31)14-33-36(24)3)28(23)29(34-38)19-12-30(13-19)16-37(17-30)26(40)9-8-25(32)39/h5-7,10-11,14,19H,4,8-9,12-13,15-17H2,1-3H3,(H2,32,39). The molecule has 1 spiro atoms. The molecule has 2 fully saturated rings. The van der Waals surface area contributed by atoms with Crippen molar-refractivity contribution in [2.45, 2.75) is 45.1 Å². The van der Waals surface area contributed by atoms with E-state index in [1.165, 1.54) is 6.07 Å². The first kappa shape index (κ1) is 26.9. The Bertz CT molecular complexity index is 1690. The predicted octanol–water partition coefficient (Wildman–Crippen LogP) is 3.18. The van der Waals surface area contributed by atoms with Crippen molar-refractivity contribution in [2.75, 3.05) is 26.7 Å². The van der Waals surface area contributed by atoms with Gasteiger partial charge in [-0.1, -0.05) is 12.1 Å².